The van der Waals surface area contributed by atoms with E-state index in [0.29, 0.717) is 43.6 Å². The number of thioether (sulfide) groups is 1. The number of imidazole rings is 1. The maximum Gasteiger partial charge on any atom is 0.249 e. The lowest BCUT2D eigenvalue weighted by Crippen LogP contribution is -2.61. The van der Waals surface area contributed by atoms with Crippen LogP contribution in [-0.4, -0.2) is 190 Å². The van der Waals surface area contributed by atoms with Crippen molar-refractivity contribution in [3.05, 3.63) is 18.2 Å². The zero-order valence-corrected chi connectivity index (χ0v) is 52.1. The lowest BCUT2D eigenvalue weighted by molar-refractivity contribution is -0.143. The third kappa shape index (κ3) is 25.2. The highest BCUT2D eigenvalue weighted by atomic mass is 32.2. The standard InChI is InChI=1S/C56H93N17O14S/c1-7-30(3)45-54(85)69-40(16-11-12-23-57)56(87)73-24-13-17-41(73)53(84)71-46(31(4)8-2)55(86)72-52(83)36(15-10-9-14-35(51(82)70-45)67-50(81)39(22-25-88-6)64-32(5)74)68-49(80)38(19-21-43(60)76)65-44(77)28-62-48(79)37(18-20-42(59)75)66-47(78)34(58)26-33-27-61-29-63-33/h27,29-31,34-41,45-46H,7-26,28,57-58H2,1-6H3,(H2,59,75)(H2,60,76)(H,61,63)(H,62,79)(H,64,74)(H,65,77)(H,66,78)(H,67,81)(H,68,80)(H,69,85)(H,70,82)(H,71,84)(H,72,83,86)/t30-,31-,34-,35?,36?,37-,38-,39-,40-,41-,45-,46-/m0/s1. The summed E-state index contributed by atoms with van der Waals surface area (Å²) < 4.78 is 0. The predicted octanol–water partition coefficient (Wildman–Crippen LogP) is -3.99. The summed E-state index contributed by atoms with van der Waals surface area (Å²) in [5, 5.41) is 25.7. The van der Waals surface area contributed by atoms with E-state index in [0.717, 1.165) is 0 Å². The van der Waals surface area contributed by atoms with E-state index in [1.165, 1.54) is 36.1 Å². The lowest BCUT2D eigenvalue weighted by Gasteiger charge is -2.32. The molecular weight excluding hydrogens is 1170 g/mol. The van der Waals surface area contributed by atoms with Crippen LogP contribution in [-0.2, 0) is 73.5 Å². The molecule has 2 unspecified atom stereocenters. The molecule has 31 nitrogen and oxygen atoms in total. The molecular formula is C56H93N17O14S. The first kappa shape index (κ1) is 74.5. The van der Waals surface area contributed by atoms with Crippen LogP contribution in [0.25, 0.3) is 0 Å². The molecule has 2 saturated heterocycles. The first-order valence-electron chi connectivity index (χ1n) is 30.0. The van der Waals surface area contributed by atoms with Gasteiger partial charge in [-0.25, -0.2) is 4.98 Å². The van der Waals surface area contributed by atoms with Gasteiger partial charge < -0.3 is 80.7 Å². The van der Waals surface area contributed by atoms with Gasteiger partial charge in [-0.1, -0.05) is 53.4 Å². The van der Waals surface area contributed by atoms with Crippen molar-refractivity contribution in [2.24, 2.45) is 34.8 Å². The van der Waals surface area contributed by atoms with E-state index in [2.05, 4.69) is 63.1 Å². The van der Waals surface area contributed by atoms with Gasteiger partial charge in [-0.05, 0) is 94.6 Å². The molecule has 0 saturated carbocycles. The second kappa shape index (κ2) is 38.5. The number of unbranched alkanes of at least 4 members (excludes halogenated alkanes) is 1. The number of carbonyl (C=O) groups excluding carboxylic acids is 14. The number of nitrogens with one attached hydrogen (secondary N) is 11. The van der Waals surface area contributed by atoms with E-state index >= 15 is 0 Å². The molecule has 88 heavy (non-hydrogen) atoms. The van der Waals surface area contributed by atoms with E-state index in [1.807, 2.05) is 0 Å². The first-order valence-corrected chi connectivity index (χ1v) is 31.4. The summed E-state index contributed by atoms with van der Waals surface area (Å²) in [5.74, 6) is -12.3. The molecule has 32 heteroatoms. The molecule has 1 aromatic rings. The van der Waals surface area contributed by atoms with E-state index in [-0.39, 0.29) is 77.3 Å². The van der Waals surface area contributed by atoms with Crippen LogP contribution >= 0.6 is 11.8 Å². The van der Waals surface area contributed by atoms with E-state index in [9.17, 15) is 67.1 Å². The normalized spacial score (nSPS) is 22.0. The predicted molar refractivity (Wildman–Crippen MR) is 322 cm³/mol. The monoisotopic (exact) mass is 1260 g/mol. The molecule has 2 aliphatic rings. The van der Waals surface area contributed by atoms with Gasteiger partial charge in [0.2, 0.25) is 82.7 Å². The van der Waals surface area contributed by atoms with Crippen molar-refractivity contribution < 1.29 is 67.1 Å². The highest BCUT2D eigenvalue weighted by Gasteiger charge is 2.42. The molecule has 0 aliphatic carbocycles. The summed E-state index contributed by atoms with van der Waals surface area (Å²) >= 11 is 1.41. The molecule has 12 atom stereocenters. The van der Waals surface area contributed by atoms with Gasteiger partial charge in [0.25, 0.3) is 0 Å². The Labute approximate surface area is 516 Å². The van der Waals surface area contributed by atoms with Crippen LogP contribution in [0.2, 0.25) is 0 Å². The SMILES string of the molecule is CC[C@H](C)[C@@H]1NC(=O)C(NC(=O)[C@H](CCSC)NC(C)=O)CCCCC(NC(=O)[C@H](CCC(N)=O)NC(=O)CNC(=O)[C@H](CCC(N)=O)NC(=O)[C@@H](N)Cc2cnc[nH]2)C(=O)NC(=O)[C@H]([C@@H](C)CC)NC(=O)[C@@H]2CCCN2C(=O)[C@H](CCCCN)NC1=O. The second-order valence-corrected chi connectivity index (χ2v) is 23.4. The third-order valence-corrected chi connectivity index (χ3v) is 16.1. The van der Waals surface area contributed by atoms with Gasteiger partial charge in [-0.15, -0.1) is 0 Å². The van der Waals surface area contributed by atoms with Crippen LogP contribution in [0.4, 0.5) is 0 Å². The highest BCUT2D eigenvalue weighted by molar-refractivity contribution is 7.98. The molecule has 492 valence electrons. The van der Waals surface area contributed by atoms with Crippen LogP contribution in [0.3, 0.4) is 0 Å². The summed E-state index contributed by atoms with van der Waals surface area (Å²) in [6.45, 7) is 7.71. The Morgan fingerprint density at radius 1 is 0.693 bits per heavy atom. The van der Waals surface area contributed by atoms with Gasteiger partial charge in [0.1, 0.15) is 54.4 Å². The molecule has 3 rings (SSSR count). The molecule has 0 spiro atoms. The molecule has 0 aromatic carbocycles. The fourth-order valence-corrected chi connectivity index (χ4v) is 10.4. The Kier molecular flexibility index (Phi) is 32.6. The number of nitrogens with two attached hydrogens (primary N) is 4. The van der Waals surface area contributed by atoms with Crippen LogP contribution in [0.15, 0.2) is 12.5 Å². The quantitative estimate of drug-likeness (QED) is 0.0258. The van der Waals surface area contributed by atoms with Crippen molar-refractivity contribution in [2.75, 3.05) is 31.6 Å². The minimum absolute atomic E-state index is 0.00474. The molecule has 2 aliphatic heterocycles. The fraction of sp³-hybridized carbons (Fsp3) is 0.696. The zero-order chi connectivity index (χ0) is 65.6. The van der Waals surface area contributed by atoms with Crippen LogP contribution in [0, 0.1) is 11.8 Å². The van der Waals surface area contributed by atoms with Crippen molar-refractivity contribution in [1.82, 2.24) is 68.0 Å². The van der Waals surface area contributed by atoms with Gasteiger partial charge in [-0.2, -0.15) is 11.8 Å². The van der Waals surface area contributed by atoms with Gasteiger partial charge >= 0.3 is 0 Å². The minimum Gasteiger partial charge on any atom is -0.370 e. The number of hydrogen-bond donors (Lipinski definition) is 15. The van der Waals surface area contributed by atoms with Crippen molar-refractivity contribution >= 4 is 94.5 Å². The number of primary amides is 2. The Morgan fingerprint density at radius 2 is 1.26 bits per heavy atom. The largest absolute Gasteiger partial charge is 0.370 e. The number of H-pyrrole nitrogens is 1. The van der Waals surface area contributed by atoms with Gasteiger partial charge in [0.15, 0.2) is 0 Å². The lowest BCUT2D eigenvalue weighted by atomic mass is 9.96. The summed E-state index contributed by atoms with van der Waals surface area (Å²) in [4.78, 5) is 199. The fourth-order valence-electron chi connectivity index (χ4n) is 9.89. The Bertz CT molecular complexity index is 2580. The molecule has 3 heterocycles. The number of hydrogen-bond acceptors (Lipinski definition) is 18. The van der Waals surface area contributed by atoms with Crippen molar-refractivity contribution in [3.63, 3.8) is 0 Å². The van der Waals surface area contributed by atoms with Crippen LogP contribution in [0.5, 0.6) is 0 Å². The average Bonchev–Trinajstić information content (AvgIpc) is 4.45. The topological polar surface area (TPSA) is 495 Å². The number of carbonyl (C=O) groups is 14. The third-order valence-electron chi connectivity index (χ3n) is 15.4. The Balaban J connectivity index is 2.08. The van der Waals surface area contributed by atoms with Crippen molar-refractivity contribution in [3.8, 4) is 0 Å². The number of imide groups is 1. The summed E-state index contributed by atoms with van der Waals surface area (Å²) in [6.07, 6.45) is 5.06. The number of rotatable bonds is 30. The van der Waals surface area contributed by atoms with Crippen LogP contribution in [0.1, 0.15) is 143 Å². The van der Waals surface area contributed by atoms with E-state index in [4.69, 9.17) is 22.9 Å². The molecule has 2 fully saturated rings. The van der Waals surface area contributed by atoms with Crippen molar-refractivity contribution in [2.45, 2.75) is 204 Å². The average molecular weight is 1260 g/mol. The maximum absolute atomic E-state index is 14.6. The summed E-state index contributed by atoms with van der Waals surface area (Å²) in [5.41, 5.74) is 23.2. The van der Waals surface area contributed by atoms with Gasteiger partial charge in [0, 0.05) is 44.6 Å². The van der Waals surface area contributed by atoms with Crippen molar-refractivity contribution in [1.29, 1.82) is 0 Å². The van der Waals surface area contributed by atoms with Gasteiger partial charge in [-0.3, -0.25) is 72.4 Å². The molecule has 0 bridgehead atoms. The number of nitrogens with zero attached hydrogens (tertiary/aromatic N) is 2. The zero-order valence-electron chi connectivity index (χ0n) is 51.3. The number of fused-ring (bicyclic) bond motifs is 1. The molecule has 1 aromatic heterocycles. The summed E-state index contributed by atoms with van der Waals surface area (Å²) in [7, 11) is 0. The number of aromatic amines is 1. The molecule has 14 amide bonds. The van der Waals surface area contributed by atoms with E-state index < -0.39 is 174 Å². The number of amides is 14. The minimum atomic E-state index is -1.64. The first-order chi connectivity index (χ1) is 41.7. The molecule has 19 N–H and O–H groups in total. The van der Waals surface area contributed by atoms with Crippen LogP contribution < -0.4 is 76.1 Å². The van der Waals surface area contributed by atoms with Gasteiger partial charge in [0.05, 0.1) is 18.9 Å². The Morgan fingerprint density at radius 3 is 1.81 bits per heavy atom. The highest BCUT2D eigenvalue weighted by Crippen LogP contribution is 2.22. The summed E-state index contributed by atoms with van der Waals surface area (Å²) in [6, 6.07) is -13.2. The maximum atomic E-state index is 14.6. The second-order valence-electron chi connectivity index (χ2n) is 22.4. The molecule has 0 radical (unpaired) electrons. The smallest absolute Gasteiger partial charge is 0.249 e. The Hall–Kier alpha value is -7.74. The van der Waals surface area contributed by atoms with E-state index in [1.54, 1.807) is 34.0 Å². The number of aromatic nitrogens is 2.